The Morgan fingerprint density at radius 2 is 1.75 bits per heavy atom. The van der Waals surface area contributed by atoms with Crippen LogP contribution in [0.3, 0.4) is 0 Å². The van der Waals surface area contributed by atoms with E-state index in [0.717, 1.165) is 42.5 Å². The summed E-state index contributed by atoms with van der Waals surface area (Å²) in [5.74, 6) is 7.40. The second-order valence-corrected chi connectivity index (χ2v) is 5.11. The van der Waals surface area contributed by atoms with Crippen molar-refractivity contribution in [1.29, 1.82) is 0 Å². The minimum absolute atomic E-state index is 0.540. The van der Waals surface area contributed by atoms with Gasteiger partial charge in [-0.25, -0.2) is 25.8 Å². The summed E-state index contributed by atoms with van der Waals surface area (Å²) >= 11 is 0. The van der Waals surface area contributed by atoms with Crippen LogP contribution in [0.15, 0.2) is 12.4 Å². The minimum atomic E-state index is 0.540. The molecule has 2 aromatic rings. The van der Waals surface area contributed by atoms with E-state index in [4.69, 9.17) is 5.84 Å². The Morgan fingerprint density at radius 1 is 1.00 bits per heavy atom. The number of nitrogen functional groups attached to an aromatic ring is 1. The number of aryl methyl sites for hydroxylation is 2. The van der Waals surface area contributed by atoms with Crippen LogP contribution in [0.5, 0.6) is 0 Å². The summed E-state index contributed by atoms with van der Waals surface area (Å²) in [6.07, 6.45) is 9.01. The Kier molecular flexibility index (Phi) is 3.56. The molecule has 1 aliphatic carbocycles. The van der Waals surface area contributed by atoms with Gasteiger partial charge in [0.25, 0.3) is 0 Å². The monoisotopic (exact) mass is 270 g/mol. The largest absolute Gasteiger partial charge is 0.308 e. The van der Waals surface area contributed by atoms with E-state index in [-0.39, 0.29) is 0 Å². The zero-order chi connectivity index (χ0) is 13.9. The van der Waals surface area contributed by atoms with Crippen molar-refractivity contribution < 1.29 is 0 Å². The smallest absolute Gasteiger partial charge is 0.199 e. The van der Waals surface area contributed by atoms with Crippen LogP contribution in [-0.4, -0.2) is 19.9 Å². The van der Waals surface area contributed by atoms with Crippen LogP contribution in [0.2, 0.25) is 0 Å². The lowest BCUT2D eigenvalue weighted by Gasteiger charge is -2.12. The highest BCUT2D eigenvalue weighted by Gasteiger charge is 2.17. The Labute approximate surface area is 117 Å². The van der Waals surface area contributed by atoms with Crippen molar-refractivity contribution in [3.8, 4) is 11.6 Å². The van der Waals surface area contributed by atoms with Crippen LogP contribution in [-0.2, 0) is 12.8 Å². The highest BCUT2D eigenvalue weighted by molar-refractivity contribution is 5.54. The molecule has 104 valence electrons. The van der Waals surface area contributed by atoms with Gasteiger partial charge in [0.2, 0.25) is 0 Å². The van der Waals surface area contributed by atoms with Gasteiger partial charge >= 0.3 is 0 Å². The van der Waals surface area contributed by atoms with E-state index in [1.54, 1.807) is 12.4 Å². The molecule has 0 fully saturated rings. The maximum absolute atomic E-state index is 5.61. The molecule has 1 aliphatic rings. The number of hydrazine groups is 1. The molecule has 0 saturated carbocycles. The van der Waals surface area contributed by atoms with Gasteiger partial charge in [0.05, 0.1) is 0 Å². The number of nitrogens with two attached hydrogens (primary N) is 1. The molecule has 0 bridgehead atoms. The Balaban J connectivity index is 2.08. The number of fused-ring (bicyclic) bond motifs is 1. The molecule has 0 radical (unpaired) electrons. The van der Waals surface area contributed by atoms with Gasteiger partial charge in [-0.05, 0) is 38.2 Å². The van der Waals surface area contributed by atoms with Gasteiger partial charge in [0, 0.05) is 23.7 Å². The van der Waals surface area contributed by atoms with Crippen molar-refractivity contribution in [2.45, 2.75) is 39.0 Å². The van der Waals surface area contributed by atoms with Gasteiger partial charge in [-0.2, -0.15) is 0 Å². The lowest BCUT2D eigenvalue weighted by atomic mass is 10.1. The number of rotatable bonds is 2. The average Bonchev–Trinajstić information content (AvgIpc) is 2.72. The van der Waals surface area contributed by atoms with Crippen molar-refractivity contribution in [2.75, 3.05) is 5.43 Å². The van der Waals surface area contributed by atoms with Crippen LogP contribution in [0.1, 0.15) is 36.1 Å². The lowest BCUT2D eigenvalue weighted by Crippen LogP contribution is -2.15. The standard InChI is InChI=1S/C14H18N6/c1-9-7-16-13(17-8-9)14-18-11-6-4-2-3-5-10(11)12(19-14)20-15/h7-8H,2-6,15H2,1H3,(H,18,19,20). The number of nitrogens with zero attached hydrogens (tertiary/aromatic N) is 4. The van der Waals surface area contributed by atoms with Crippen molar-refractivity contribution >= 4 is 5.82 Å². The first-order valence-electron chi connectivity index (χ1n) is 6.93. The van der Waals surface area contributed by atoms with E-state index in [9.17, 15) is 0 Å². The van der Waals surface area contributed by atoms with Gasteiger partial charge in [0.1, 0.15) is 5.82 Å². The van der Waals surface area contributed by atoms with Crippen LogP contribution in [0, 0.1) is 6.92 Å². The fourth-order valence-electron chi connectivity index (χ4n) is 2.50. The molecule has 0 aliphatic heterocycles. The first-order chi connectivity index (χ1) is 9.78. The van der Waals surface area contributed by atoms with Crippen molar-refractivity contribution in [3.63, 3.8) is 0 Å². The molecule has 6 heteroatoms. The second-order valence-electron chi connectivity index (χ2n) is 5.11. The number of nitrogens with one attached hydrogen (secondary N) is 1. The van der Waals surface area contributed by atoms with Crippen LogP contribution < -0.4 is 11.3 Å². The maximum Gasteiger partial charge on any atom is 0.199 e. The van der Waals surface area contributed by atoms with Crippen LogP contribution in [0.4, 0.5) is 5.82 Å². The molecule has 0 atom stereocenters. The molecule has 0 spiro atoms. The Hall–Kier alpha value is -2.08. The van der Waals surface area contributed by atoms with Gasteiger partial charge < -0.3 is 5.43 Å². The van der Waals surface area contributed by atoms with E-state index >= 15 is 0 Å². The van der Waals surface area contributed by atoms with E-state index in [0.29, 0.717) is 17.5 Å². The molecule has 0 saturated heterocycles. The Morgan fingerprint density at radius 3 is 2.50 bits per heavy atom. The summed E-state index contributed by atoms with van der Waals surface area (Å²) in [4.78, 5) is 17.7. The molecular weight excluding hydrogens is 252 g/mol. The van der Waals surface area contributed by atoms with Gasteiger partial charge in [-0.3, -0.25) is 0 Å². The molecule has 20 heavy (non-hydrogen) atoms. The normalized spacial score (nSPS) is 14.5. The molecule has 6 nitrogen and oxygen atoms in total. The zero-order valence-corrected chi connectivity index (χ0v) is 11.6. The number of hydrogen-bond donors (Lipinski definition) is 2. The van der Waals surface area contributed by atoms with E-state index < -0.39 is 0 Å². The third-order valence-electron chi connectivity index (χ3n) is 3.55. The maximum atomic E-state index is 5.61. The van der Waals surface area contributed by atoms with E-state index in [1.807, 2.05) is 6.92 Å². The Bertz CT molecular complexity index is 608. The van der Waals surface area contributed by atoms with E-state index in [1.165, 1.54) is 6.42 Å². The highest BCUT2D eigenvalue weighted by Crippen LogP contribution is 2.26. The minimum Gasteiger partial charge on any atom is -0.308 e. The fraction of sp³-hybridized carbons (Fsp3) is 0.429. The third-order valence-corrected chi connectivity index (χ3v) is 3.55. The molecular formula is C14H18N6. The summed E-state index contributed by atoms with van der Waals surface area (Å²) in [5, 5.41) is 0. The van der Waals surface area contributed by atoms with Gasteiger partial charge in [-0.1, -0.05) is 6.42 Å². The first kappa shape index (κ1) is 12.9. The molecule has 3 N–H and O–H groups in total. The molecule has 0 unspecified atom stereocenters. The summed E-state index contributed by atoms with van der Waals surface area (Å²) in [6.45, 7) is 1.95. The summed E-state index contributed by atoms with van der Waals surface area (Å²) in [7, 11) is 0. The molecule has 0 amide bonds. The number of aromatic nitrogens is 4. The topological polar surface area (TPSA) is 89.6 Å². The van der Waals surface area contributed by atoms with E-state index in [2.05, 4.69) is 25.4 Å². The summed E-state index contributed by atoms with van der Waals surface area (Å²) < 4.78 is 0. The van der Waals surface area contributed by atoms with Crippen molar-refractivity contribution in [2.24, 2.45) is 5.84 Å². The molecule has 2 aromatic heterocycles. The predicted octanol–water partition coefficient (Wildman–Crippen LogP) is 1.80. The highest BCUT2D eigenvalue weighted by atomic mass is 15.3. The summed E-state index contributed by atoms with van der Waals surface area (Å²) in [6, 6.07) is 0. The van der Waals surface area contributed by atoms with Crippen LogP contribution in [0.25, 0.3) is 11.6 Å². The average molecular weight is 270 g/mol. The third kappa shape index (κ3) is 2.46. The SMILES string of the molecule is Cc1cnc(-c2nc3c(c(NN)n2)CCCCC3)nc1. The van der Waals surface area contributed by atoms with Crippen molar-refractivity contribution in [1.82, 2.24) is 19.9 Å². The fourth-order valence-corrected chi connectivity index (χ4v) is 2.50. The summed E-state index contributed by atoms with van der Waals surface area (Å²) in [5.41, 5.74) is 5.93. The van der Waals surface area contributed by atoms with Crippen molar-refractivity contribution in [3.05, 3.63) is 29.2 Å². The predicted molar refractivity (Wildman–Crippen MR) is 76.9 cm³/mol. The van der Waals surface area contributed by atoms with Gasteiger partial charge in [-0.15, -0.1) is 0 Å². The molecule has 0 aromatic carbocycles. The second kappa shape index (κ2) is 5.50. The zero-order valence-electron chi connectivity index (χ0n) is 11.6. The molecule has 2 heterocycles. The van der Waals surface area contributed by atoms with Gasteiger partial charge in [0.15, 0.2) is 11.6 Å². The number of hydrogen-bond acceptors (Lipinski definition) is 6. The first-order valence-corrected chi connectivity index (χ1v) is 6.93. The lowest BCUT2D eigenvalue weighted by molar-refractivity contribution is 0.709. The van der Waals surface area contributed by atoms with Crippen LogP contribution >= 0.6 is 0 Å². The number of anilines is 1. The quantitative estimate of drug-likeness (QED) is 0.491. The molecule has 3 rings (SSSR count).